The number of ether oxygens (including phenoxy) is 3. The number of nitrogens with zero attached hydrogens (tertiary/aromatic N) is 4. The molecule has 1 fully saturated rings. The highest BCUT2D eigenvalue weighted by Gasteiger charge is 2.60. The van der Waals surface area contributed by atoms with Gasteiger partial charge in [0.15, 0.2) is 5.60 Å². The molecule has 13 nitrogen and oxygen atoms in total. The quantitative estimate of drug-likeness (QED) is 0.111. The topological polar surface area (TPSA) is 157 Å². The third-order valence-electron chi connectivity index (χ3n) is 11.1. The number of hydrogen-bond acceptors (Lipinski definition) is 9. The molecule has 2 aliphatic heterocycles. The molecule has 1 saturated heterocycles. The molecule has 6 aromatic rings. The molecule has 3 N–H and O–H groups in total. The van der Waals surface area contributed by atoms with Crippen LogP contribution in [0.4, 0.5) is 17.1 Å². The van der Waals surface area contributed by atoms with Gasteiger partial charge >= 0.3 is 0 Å². The molecule has 300 valence electrons. The second-order valence-corrected chi connectivity index (χ2v) is 14.8. The minimum Gasteiger partial charge on any atom is -0.497 e. The van der Waals surface area contributed by atoms with Crippen molar-refractivity contribution in [2.45, 2.75) is 50.7 Å². The molecule has 5 aromatic carbocycles. The maximum absolute atomic E-state index is 14.8. The van der Waals surface area contributed by atoms with Crippen molar-refractivity contribution < 1.29 is 33.7 Å². The van der Waals surface area contributed by atoms with Crippen molar-refractivity contribution in [3.8, 4) is 11.5 Å². The van der Waals surface area contributed by atoms with Crippen LogP contribution in [0.3, 0.4) is 0 Å². The van der Waals surface area contributed by atoms with E-state index in [1.807, 2.05) is 73.7 Å². The summed E-state index contributed by atoms with van der Waals surface area (Å²) in [6.07, 6.45) is 1.70. The van der Waals surface area contributed by atoms with Gasteiger partial charge in [-0.15, -0.1) is 5.10 Å². The highest BCUT2D eigenvalue weighted by atomic mass is 16.5. The lowest BCUT2D eigenvalue weighted by Gasteiger charge is -2.28. The zero-order valence-corrected chi connectivity index (χ0v) is 32.9. The molecular formula is C46H44N6O7. The fourth-order valence-corrected chi connectivity index (χ4v) is 7.88. The zero-order chi connectivity index (χ0) is 41.1. The Bertz CT molecular complexity index is 2460. The minimum atomic E-state index is -1.30. The molecule has 3 heterocycles. The van der Waals surface area contributed by atoms with E-state index in [0.29, 0.717) is 70.3 Å². The van der Waals surface area contributed by atoms with Crippen molar-refractivity contribution in [2.75, 3.05) is 29.8 Å². The second-order valence-electron chi connectivity index (χ2n) is 14.8. The molecule has 3 amide bonds. The van der Waals surface area contributed by atoms with Gasteiger partial charge in [0.25, 0.3) is 17.7 Å². The number of carbonyl (C=O) groups is 3. The fraction of sp³-hybridized carbons (Fsp3) is 0.239. The molecule has 0 saturated carbocycles. The molecule has 8 rings (SSSR count). The van der Waals surface area contributed by atoms with E-state index < -0.39 is 11.7 Å². The number of amides is 3. The second kappa shape index (κ2) is 16.6. The predicted octanol–water partition coefficient (Wildman–Crippen LogP) is 7.14. The summed E-state index contributed by atoms with van der Waals surface area (Å²) in [6, 6.07) is 35.9. The molecule has 59 heavy (non-hydrogen) atoms. The number of aryl methyl sites for hydroxylation is 1. The summed E-state index contributed by atoms with van der Waals surface area (Å²) in [5.41, 5.74) is 4.19. The van der Waals surface area contributed by atoms with Gasteiger partial charge in [-0.2, -0.15) is 0 Å². The van der Waals surface area contributed by atoms with Gasteiger partial charge in [0.05, 0.1) is 38.8 Å². The minimum absolute atomic E-state index is 0.188. The van der Waals surface area contributed by atoms with Crippen LogP contribution in [-0.4, -0.2) is 58.1 Å². The summed E-state index contributed by atoms with van der Waals surface area (Å²) >= 11 is 0. The lowest BCUT2D eigenvalue weighted by molar-refractivity contribution is -0.146. The first-order chi connectivity index (χ1) is 28.6. The fourth-order valence-electron chi connectivity index (χ4n) is 7.88. The van der Waals surface area contributed by atoms with Gasteiger partial charge in [-0.3, -0.25) is 19.1 Å². The van der Waals surface area contributed by atoms with Crippen LogP contribution in [0.2, 0.25) is 0 Å². The molecule has 13 heteroatoms. The van der Waals surface area contributed by atoms with E-state index >= 15 is 0 Å². The Morgan fingerprint density at radius 2 is 1.46 bits per heavy atom. The van der Waals surface area contributed by atoms with Gasteiger partial charge in [0.1, 0.15) is 23.3 Å². The van der Waals surface area contributed by atoms with Gasteiger partial charge in [0, 0.05) is 40.5 Å². The normalized spacial score (nSPS) is 18.7. The van der Waals surface area contributed by atoms with E-state index in [9.17, 15) is 19.5 Å². The number of rotatable bonds is 13. The summed E-state index contributed by atoms with van der Waals surface area (Å²) in [5, 5.41) is 25.2. The van der Waals surface area contributed by atoms with Crippen LogP contribution in [0.25, 0.3) is 0 Å². The number of benzene rings is 5. The van der Waals surface area contributed by atoms with E-state index in [1.54, 1.807) is 84.6 Å². The van der Waals surface area contributed by atoms with E-state index in [4.69, 9.17) is 14.2 Å². The van der Waals surface area contributed by atoms with E-state index in [0.717, 1.165) is 11.1 Å². The number of anilines is 3. The lowest BCUT2D eigenvalue weighted by Crippen LogP contribution is -2.43. The zero-order valence-electron chi connectivity index (χ0n) is 32.9. The van der Waals surface area contributed by atoms with Crippen molar-refractivity contribution in [2.24, 2.45) is 5.92 Å². The van der Waals surface area contributed by atoms with Gasteiger partial charge in [-0.25, -0.2) is 0 Å². The summed E-state index contributed by atoms with van der Waals surface area (Å²) < 4.78 is 19.0. The molecule has 0 unspecified atom stereocenters. The van der Waals surface area contributed by atoms with Crippen LogP contribution in [0, 0.1) is 5.92 Å². The van der Waals surface area contributed by atoms with Gasteiger partial charge in [0.2, 0.25) is 0 Å². The average molecular weight is 793 g/mol. The smallest absolute Gasteiger partial charge is 0.264 e. The summed E-state index contributed by atoms with van der Waals surface area (Å²) in [4.78, 5) is 42.8. The maximum atomic E-state index is 14.8. The van der Waals surface area contributed by atoms with Crippen molar-refractivity contribution >= 4 is 34.8 Å². The van der Waals surface area contributed by atoms with Crippen molar-refractivity contribution in [1.82, 2.24) is 15.0 Å². The number of fused-ring (bicyclic) bond motifs is 2. The number of aromatic nitrogens is 3. The SMILES string of the molecule is COc1ccc(C(=O)Nc2ccc(CN3C(=O)[C@@]4(O[C@@H](CCn5cc([C@H](O)c6ccccc6)nn5)C[C@H]4C)c4cc(NC(=O)c5ccc(OC)cc5)ccc43)cc2)cc1. The Morgan fingerprint density at radius 3 is 2.08 bits per heavy atom. The predicted molar refractivity (Wildman–Crippen MR) is 221 cm³/mol. The molecule has 0 radical (unpaired) electrons. The van der Waals surface area contributed by atoms with Crippen molar-refractivity contribution in [1.29, 1.82) is 0 Å². The number of hydrogen-bond donors (Lipinski definition) is 3. The number of nitrogens with one attached hydrogen (secondary N) is 2. The number of methoxy groups -OCH3 is 2. The first-order valence-electron chi connectivity index (χ1n) is 19.4. The number of aliphatic hydroxyl groups is 1. The van der Waals surface area contributed by atoms with Crippen LogP contribution in [0.5, 0.6) is 11.5 Å². The lowest BCUT2D eigenvalue weighted by atomic mass is 9.82. The van der Waals surface area contributed by atoms with Crippen LogP contribution in [0.1, 0.15) is 69.0 Å². The standard InChI is InChI=1S/C46H44N6O7/c1-29-25-38(23-24-51-28-40(49-50-51)42(53)31-7-5-4-6-8-31)59-46(29)39-26-35(48-44(55)33-13-20-37(58-3)21-14-33)17-22-41(39)52(45(46)56)27-30-9-15-34(16-10-30)47-43(54)32-11-18-36(57-2)19-12-32/h4-22,26,28-29,38,42,53H,23-25,27H2,1-3H3,(H,47,54)(H,48,55)/t29-,38+,42-,46+/m1/s1. The molecule has 2 aliphatic rings. The Hall–Kier alpha value is -6.83. The highest BCUT2D eigenvalue weighted by Crippen LogP contribution is 2.54. The Labute approximate surface area is 341 Å². The van der Waals surface area contributed by atoms with E-state index in [2.05, 4.69) is 20.9 Å². The summed E-state index contributed by atoms with van der Waals surface area (Å²) in [5.74, 6) is 0.352. The molecule has 1 aromatic heterocycles. The first kappa shape index (κ1) is 39.0. The number of carbonyl (C=O) groups excluding carboxylic acids is 3. The molecule has 0 bridgehead atoms. The van der Waals surface area contributed by atoms with Gasteiger partial charge in [-0.05, 0) is 103 Å². The highest BCUT2D eigenvalue weighted by molar-refractivity contribution is 6.09. The van der Waals surface area contributed by atoms with Gasteiger partial charge in [-0.1, -0.05) is 54.6 Å². The molecular weight excluding hydrogens is 749 g/mol. The van der Waals surface area contributed by atoms with E-state index in [1.165, 1.54) is 0 Å². The Balaban J connectivity index is 1.02. The summed E-state index contributed by atoms with van der Waals surface area (Å²) in [6.45, 7) is 2.74. The first-order valence-corrected chi connectivity index (χ1v) is 19.4. The maximum Gasteiger partial charge on any atom is 0.264 e. The monoisotopic (exact) mass is 792 g/mol. The molecule has 0 aliphatic carbocycles. The largest absolute Gasteiger partial charge is 0.497 e. The Kier molecular flexibility index (Phi) is 11.0. The van der Waals surface area contributed by atoms with Crippen molar-refractivity contribution in [3.05, 3.63) is 161 Å². The third-order valence-corrected chi connectivity index (χ3v) is 11.1. The Morgan fingerprint density at radius 1 is 0.847 bits per heavy atom. The van der Waals surface area contributed by atoms with E-state index in [-0.39, 0.29) is 36.3 Å². The third kappa shape index (κ3) is 7.90. The molecule has 1 spiro atoms. The van der Waals surface area contributed by atoms with Gasteiger partial charge < -0.3 is 34.9 Å². The van der Waals surface area contributed by atoms with Crippen LogP contribution < -0.4 is 25.0 Å². The molecule has 4 atom stereocenters. The summed E-state index contributed by atoms with van der Waals surface area (Å²) in [7, 11) is 3.14. The average Bonchev–Trinajstić information content (AvgIpc) is 3.95. The van der Waals surface area contributed by atoms with Crippen LogP contribution in [0.15, 0.2) is 128 Å². The van der Waals surface area contributed by atoms with Crippen LogP contribution in [-0.2, 0) is 28.2 Å². The number of aliphatic hydroxyl groups excluding tert-OH is 1. The van der Waals surface area contributed by atoms with Crippen LogP contribution >= 0.6 is 0 Å². The van der Waals surface area contributed by atoms with Crippen molar-refractivity contribution in [3.63, 3.8) is 0 Å².